The first kappa shape index (κ1) is 12.5. The number of Topliss-reactive ketones (excluding diaryl/α,β-unsaturated/α-hetero) is 1. The molecule has 0 spiro atoms. The van der Waals surface area contributed by atoms with Crippen LogP contribution in [0.3, 0.4) is 0 Å². The SMILES string of the molecule is Cc1cc(=O)n(CC(=O)c2ccc(Cl)cc2)cn1. The Hall–Kier alpha value is -1.94. The predicted molar refractivity (Wildman–Crippen MR) is 69.0 cm³/mol. The van der Waals surface area contributed by atoms with Crippen molar-refractivity contribution < 1.29 is 4.79 Å². The number of carbonyl (C=O) groups excluding carboxylic acids is 1. The average Bonchev–Trinajstić information content (AvgIpc) is 2.33. The maximum atomic E-state index is 11.9. The van der Waals surface area contributed by atoms with Crippen molar-refractivity contribution in [3.05, 3.63) is 63.3 Å². The molecule has 2 aromatic rings. The molecule has 0 unspecified atom stereocenters. The first-order chi connectivity index (χ1) is 8.56. The van der Waals surface area contributed by atoms with Gasteiger partial charge >= 0.3 is 0 Å². The van der Waals surface area contributed by atoms with E-state index < -0.39 is 0 Å². The molecule has 0 saturated heterocycles. The lowest BCUT2D eigenvalue weighted by Crippen LogP contribution is -2.24. The fourth-order valence-electron chi connectivity index (χ4n) is 1.52. The molecule has 0 aliphatic rings. The van der Waals surface area contributed by atoms with E-state index in [2.05, 4.69) is 4.98 Å². The van der Waals surface area contributed by atoms with E-state index in [1.165, 1.54) is 17.0 Å². The zero-order valence-electron chi connectivity index (χ0n) is 9.76. The van der Waals surface area contributed by atoms with Crippen LogP contribution in [-0.4, -0.2) is 15.3 Å². The number of rotatable bonds is 3. The van der Waals surface area contributed by atoms with Crippen LogP contribution in [0.5, 0.6) is 0 Å². The van der Waals surface area contributed by atoms with Crippen molar-refractivity contribution in [2.75, 3.05) is 0 Å². The van der Waals surface area contributed by atoms with Gasteiger partial charge in [0.2, 0.25) is 0 Å². The van der Waals surface area contributed by atoms with Crippen LogP contribution >= 0.6 is 11.6 Å². The number of nitrogens with zero attached hydrogens (tertiary/aromatic N) is 2. The molecule has 0 aliphatic carbocycles. The first-order valence-corrected chi connectivity index (χ1v) is 5.76. The van der Waals surface area contributed by atoms with Gasteiger partial charge in [0.05, 0.1) is 12.9 Å². The van der Waals surface area contributed by atoms with Crippen LogP contribution in [0.4, 0.5) is 0 Å². The second-order valence-electron chi connectivity index (χ2n) is 3.93. The van der Waals surface area contributed by atoms with Crippen LogP contribution in [0.1, 0.15) is 16.1 Å². The normalized spacial score (nSPS) is 10.3. The topological polar surface area (TPSA) is 52.0 Å². The Labute approximate surface area is 109 Å². The van der Waals surface area contributed by atoms with Gasteiger partial charge in [-0.05, 0) is 31.2 Å². The van der Waals surface area contributed by atoms with Crippen LogP contribution in [0, 0.1) is 6.92 Å². The van der Waals surface area contributed by atoms with Crippen LogP contribution in [-0.2, 0) is 6.54 Å². The number of benzene rings is 1. The smallest absolute Gasteiger partial charge is 0.253 e. The molecule has 5 heteroatoms. The number of aromatic nitrogens is 2. The molecule has 1 aromatic heterocycles. The molecule has 1 aromatic carbocycles. The lowest BCUT2D eigenvalue weighted by atomic mass is 10.1. The highest BCUT2D eigenvalue weighted by Crippen LogP contribution is 2.10. The maximum absolute atomic E-state index is 11.9. The fraction of sp³-hybridized carbons (Fsp3) is 0.154. The summed E-state index contributed by atoms with van der Waals surface area (Å²) < 4.78 is 1.28. The van der Waals surface area contributed by atoms with Crippen LogP contribution < -0.4 is 5.56 Å². The summed E-state index contributed by atoms with van der Waals surface area (Å²) in [6.45, 7) is 1.71. The summed E-state index contributed by atoms with van der Waals surface area (Å²) in [7, 11) is 0. The van der Waals surface area contributed by atoms with Crippen molar-refractivity contribution in [3.63, 3.8) is 0 Å². The molecular formula is C13H11ClN2O2. The second-order valence-corrected chi connectivity index (χ2v) is 4.36. The highest BCUT2D eigenvalue weighted by Gasteiger charge is 2.07. The maximum Gasteiger partial charge on any atom is 0.253 e. The Morgan fingerprint density at radius 3 is 2.61 bits per heavy atom. The zero-order chi connectivity index (χ0) is 13.1. The van der Waals surface area contributed by atoms with E-state index >= 15 is 0 Å². The van der Waals surface area contributed by atoms with E-state index in [0.29, 0.717) is 16.3 Å². The molecule has 92 valence electrons. The molecule has 1 heterocycles. The summed E-state index contributed by atoms with van der Waals surface area (Å²) >= 11 is 5.74. The Balaban J connectivity index is 2.21. The quantitative estimate of drug-likeness (QED) is 0.796. The number of hydrogen-bond donors (Lipinski definition) is 0. The van der Waals surface area contributed by atoms with Gasteiger partial charge in [0, 0.05) is 22.3 Å². The average molecular weight is 263 g/mol. The Bertz CT molecular complexity index is 632. The van der Waals surface area contributed by atoms with E-state index in [-0.39, 0.29) is 17.9 Å². The number of halogens is 1. The molecule has 0 atom stereocenters. The predicted octanol–water partition coefficient (Wildman–Crippen LogP) is 2.09. The number of carbonyl (C=O) groups is 1. The van der Waals surface area contributed by atoms with Crippen molar-refractivity contribution >= 4 is 17.4 Å². The lowest BCUT2D eigenvalue weighted by molar-refractivity contribution is 0.0970. The van der Waals surface area contributed by atoms with Gasteiger partial charge in [-0.2, -0.15) is 0 Å². The minimum atomic E-state index is -0.232. The van der Waals surface area contributed by atoms with E-state index in [4.69, 9.17) is 11.6 Å². The number of ketones is 1. The molecule has 0 saturated carbocycles. The zero-order valence-corrected chi connectivity index (χ0v) is 10.5. The van der Waals surface area contributed by atoms with Crippen molar-refractivity contribution in [2.45, 2.75) is 13.5 Å². The molecule has 4 nitrogen and oxygen atoms in total. The summed E-state index contributed by atoms with van der Waals surface area (Å²) in [6, 6.07) is 7.96. The van der Waals surface area contributed by atoms with Gasteiger partial charge in [-0.3, -0.25) is 14.2 Å². The van der Waals surface area contributed by atoms with Crippen LogP contribution in [0.25, 0.3) is 0 Å². The van der Waals surface area contributed by atoms with E-state index in [1.807, 2.05) is 0 Å². The van der Waals surface area contributed by atoms with Gasteiger partial charge in [-0.25, -0.2) is 4.98 Å². The highest BCUT2D eigenvalue weighted by atomic mass is 35.5. The molecule has 0 aliphatic heterocycles. The third-order valence-electron chi connectivity index (χ3n) is 2.50. The lowest BCUT2D eigenvalue weighted by Gasteiger charge is -2.04. The fourth-order valence-corrected chi connectivity index (χ4v) is 1.64. The third kappa shape index (κ3) is 2.84. The van der Waals surface area contributed by atoms with E-state index in [1.54, 1.807) is 31.2 Å². The van der Waals surface area contributed by atoms with Crippen molar-refractivity contribution in [1.29, 1.82) is 0 Å². The largest absolute Gasteiger partial charge is 0.292 e. The third-order valence-corrected chi connectivity index (χ3v) is 2.75. The molecule has 0 amide bonds. The monoisotopic (exact) mass is 262 g/mol. The van der Waals surface area contributed by atoms with Gasteiger partial charge in [0.1, 0.15) is 0 Å². The number of aryl methyl sites for hydroxylation is 1. The minimum Gasteiger partial charge on any atom is -0.292 e. The van der Waals surface area contributed by atoms with Crippen molar-refractivity contribution in [2.24, 2.45) is 0 Å². The first-order valence-electron chi connectivity index (χ1n) is 5.38. The molecule has 0 bridgehead atoms. The summed E-state index contributed by atoms with van der Waals surface area (Å²) in [4.78, 5) is 27.5. The van der Waals surface area contributed by atoms with Crippen molar-refractivity contribution in [1.82, 2.24) is 9.55 Å². The Kier molecular flexibility index (Phi) is 3.58. The van der Waals surface area contributed by atoms with E-state index in [9.17, 15) is 9.59 Å². The van der Waals surface area contributed by atoms with Gasteiger partial charge in [-0.1, -0.05) is 11.6 Å². The van der Waals surface area contributed by atoms with Gasteiger partial charge in [-0.15, -0.1) is 0 Å². The Morgan fingerprint density at radius 2 is 2.00 bits per heavy atom. The van der Waals surface area contributed by atoms with Gasteiger partial charge in [0.25, 0.3) is 5.56 Å². The second kappa shape index (κ2) is 5.14. The Morgan fingerprint density at radius 1 is 1.33 bits per heavy atom. The summed E-state index contributed by atoms with van der Waals surface area (Å²) in [5.41, 5.74) is 0.923. The molecular weight excluding hydrogens is 252 g/mol. The number of hydrogen-bond acceptors (Lipinski definition) is 3. The highest BCUT2D eigenvalue weighted by molar-refractivity contribution is 6.30. The van der Waals surface area contributed by atoms with Crippen LogP contribution in [0.15, 0.2) is 41.5 Å². The van der Waals surface area contributed by atoms with Gasteiger partial charge < -0.3 is 0 Å². The van der Waals surface area contributed by atoms with E-state index in [0.717, 1.165) is 0 Å². The van der Waals surface area contributed by atoms with Crippen molar-refractivity contribution in [3.8, 4) is 0 Å². The summed E-state index contributed by atoms with van der Waals surface area (Å²) in [5, 5.41) is 0.570. The summed E-state index contributed by atoms with van der Waals surface area (Å²) in [5.74, 6) is -0.153. The standard InChI is InChI=1S/C13H11ClN2O2/c1-9-6-13(18)16(8-15-9)7-12(17)10-2-4-11(14)5-3-10/h2-6,8H,7H2,1H3. The molecule has 0 fully saturated rings. The summed E-state index contributed by atoms with van der Waals surface area (Å²) in [6.07, 6.45) is 1.38. The van der Waals surface area contributed by atoms with Crippen LogP contribution in [0.2, 0.25) is 5.02 Å². The molecule has 0 radical (unpaired) electrons. The molecule has 18 heavy (non-hydrogen) atoms. The minimum absolute atomic E-state index is 0.0201. The van der Waals surface area contributed by atoms with Gasteiger partial charge in [0.15, 0.2) is 5.78 Å². The molecule has 2 rings (SSSR count). The molecule has 0 N–H and O–H groups in total.